The fourth-order valence-electron chi connectivity index (χ4n) is 3.55. The monoisotopic (exact) mass is 436 g/mol. The van der Waals surface area contributed by atoms with Crippen molar-refractivity contribution >= 4 is 28.5 Å². The molecule has 166 valence electrons. The summed E-state index contributed by atoms with van der Waals surface area (Å²) in [6, 6.07) is 13.7. The van der Waals surface area contributed by atoms with Gasteiger partial charge in [0.1, 0.15) is 5.56 Å². The second-order valence-corrected chi connectivity index (χ2v) is 7.34. The molecule has 1 aromatic heterocycles. The third-order valence-electron chi connectivity index (χ3n) is 5.24. The van der Waals surface area contributed by atoms with Crippen LogP contribution in [0.4, 0.5) is 5.69 Å². The van der Waals surface area contributed by atoms with Crippen LogP contribution in [0.2, 0.25) is 0 Å². The molecule has 1 fully saturated rings. The SMILES string of the molecule is COC(=O)c1ccc(N=c2oc3c(OC)cccc3cc2C(=O)NC[C@H]2CCCO2)cc1. The molecule has 0 saturated carbocycles. The normalized spacial score (nSPS) is 16.2. The lowest BCUT2D eigenvalue weighted by Crippen LogP contribution is -2.34. The van der Waals surface area contributed by atoms with Crippen LogP contribution in [0.25, 0.3) is 11.0 Å². The maximum atomic E-state index is 13.0. The molecule has 1 amide bonds. The molecule has 1 N–H and O–H groups in total. The average molecular weight is 436 g/mol. The van der Waals surface area contributed by atoms with Crippen LogP contribution >= 0.6 is 0 Å². The van der Waals surface area contributed by atoms with Crippen molar-refractivity contribution in [3.63, 3.8) is 0 Å². The molecule has 8 heteroatoms. The molecule has 0 unspecified atom stereocenters. The molecule has 0 bridgehead atoms. The molecule has 0 spiro atoms. The summed E-state index contributed by atoms with van der Waals surface area (Å²) in [5, 5.41) is 3.63. The van der Waals surface area contributed by atoms with Crippen molar-refractivity contribution in [1.82, 2.24) is 5.32 Å². The minimum atomic E-state index is -0.439. The van der Waals surface area contributed by atoms with Crippen molar-refractivity contribution in [1.29, 1.82) is 0 Å². The number of methoxy groups -OCH3 is 2. The Kier molecular flexibility index (Phi) is 6.51. The van der Waals surface area contributed by atoms with E-state index >= 15 is 0 Å². The Morgan fingerprint density at radius 3 is 2.66 bits per heavy atom. The topological polar surface area (TPSA) is 99.4 Å². The summed E-state index contributed by atoms with van der Waals surface area (Å²) in [4.78, 5) is 29.2. The van der Waals surface area contributed by atoms with Gasteiger partial charge in [-0.2, -0.15) is 0 Å². The van der Waals surface area contributed by atoms with Crippen LogP contribution in [0.15, 0.2) is 57.9 Å². The minimum Gasteiger partial charge on any atom is -0.493 e. The quantitative estimate of drug-likeness (QED) is 0.595. The number of benzene rings is 2. The first-order chi connectivity index (χ1) is 15.6. The zero-order chi connectivity index (χ0) is 22.5. The van der Waals surface area contributed by atoms with Gasteiger partial charge in [-0.15, -0.1) is 0 Å². The molecule has 3 aromatic rings. The second kappa shape index (κ2) is 9.65. The number of ether oxygens (including phenoxy) is 3. The van der Waals surface area contributed by atoms with E-state index < -0.39 is 5.97 Å². The van der Waals surface area contributed by atoms with Gasteiger partial charge in [0, 0.05) is 18.5 Å². The summed E-state index contributed by atoms with van der Waals surface area (Å²) >= 11 is 0. The molecule has 1 atom stereocenters. The highest BCUT2D eigenvalue weighted by Gasteiger charge is 2.19. The van der Waals surface area contributed by atoms with Gasteiger partial charge in [-0.05, 0) is 49.2 Å². The minimum absolute atomic E-state index is 0.0164. The highest BCUT2D eigenvalue weighted by molar-refractivity contribution is 5.97. The molecule has 0 radical (unpaired) electrons. The smallest absolute Gasteiger partial charge is 0.337 e. The second-order valence-electron chi connectivity index (χ2n) is 7.34. The summed E-state index contributed by atoms with van der Waals surface area (Å²) in [5.41, 5.74) is 1.83. The molecule has 1 aliphatic rings. The highest BCUT2D eigenvalue weighted by Crippen LogP contribution is 2.25. The van der Waals surface area contributed by atoms with Gasteiger partial charge in [-0.3, -0.25) is 4.79 Å². The van der Waals surface area contributed by atoms with E-state index in [0.29, 0.717) is 46.7 Å². The Balaban J connectivity index is 1.75. The Hall–Kier alpha value is -3.65. The first-order valence-corrected chi connectivity index (χ1v) is 10.3. The number of esters is 1. The fraction of sp³-hybridized carbons (Fsp3) is 0.292. The van der Waals surface area contributed by atoms with Gasteiger partial charge in [-0.1, -0.05) is 12.1 Å². The van der Waals surface area contributed by atoms with Gasteiger partial charge in [-0.25, -0.2) is 9.79 Å². The molecule has 4 rings (SSSR count). The largest absolute Gasteiger partial charge is 0.493 e. The molecule has 2 aromatic carbocycles. The number of nitrogens with zero attached hydrogens (tertiary/aromatic N) is 1. The van der Waals surface area contributed by atoms with Crippen LogP contribution in [0, 0.1) is 0 Å². The van der Waals surface area contributed by atoms with Gasteiger partial charge < -0.3 is 23.9 Å². The van der Waals surface area contributed by atoms with Gasteiger partial charge in [0.05, 0.1) is 31.6 Å². The van der Waals surface area contributed by atoms with Crippen LogP contribution in [0.3, 0.4) is 0 Å². The standard InChI is InChI=1S/C24H24N2O6/c1-29-20-7-3-5-16-13-19(22(27)25-14-18-6-4-12-31-18)23(32-21(16)20)26-17-10-8-15(9-11-17)24(28)30-2/h3,5,7-11,13,18H,4,6,12,14H2,1-2H3,(H,25,27)/t18-/m1/s1. The van der Waals surface area contributed by atoms with Gasteiger partial charge >= 0.3 is 5.97 Å². The summed E-state index contributed by atoms with van der Waals surface area (Å²) in [5.74, 6) is -0.212. The van der Waals surface area contributed by atoms with Crippen LogP contribution in [-0.4, -0.2) is 45.4 Å². The maximum Gasteiger partial charge on any atom is 0.337 e. The Bertz CT molecular complexity index is 1190. The van der Waals surface area contributed by atoms with Crippen molar-refractivity contribution in [2.45, 2.75) is 18.9 Å². The summed E-state index contributed by atoms with van der Waals surface area (Å²) < 4.78 is 21.7. The molecular weight excluding hydrogens is 412 g/mol. The number of carbonyl (C=O) groups excluding carboxylic acids is 2. The first kappa shape index (κ1) is 21.6. The highest BCUT2D eigenvalue weighted by atomic mass is 16.5. The van der Waals surface area contributed by atoms with Gasteiger partial charge in [0.25, 0.3) is 5.91 Å². The molecule has 2 heterocycles. The van der Waals surface area contributed by atoms with E-state index in [0.717, 1.165) is 12.8 Å². The van der Waals surface area contributed by atoms with E-state index in [1.807, 2.05) is 12.1 Å². The molecule has 8 nitrogen and oxygen atoms in total. The number of hydrogen-bond donors (Lipinski definition) is 1. The van der Waals surface area contributed by atoms with Crippen LogP contribution in [0.5, 0.6) is 5.75 Å². The summed E-state index contributed by atoms with van der Waals surface area (Å²) in [6.45, 7) is 1.13. The summed E-state index contributed by atoms with van der Waals surface area (Å²) in [7, 11) is 2.87. The van der Waals surface area contributed by atoms with E-state index in [-0.39, 0.29) is 17.6 Å². The molecular formula is C24H24N2O6. The number of para-hydroxylation sites is 1. The lowest BCUT2D eigenvalue weighted by molar-refractivity contribution is 0.0600. The van der Waals surface area contributed by atoms with Crippen LogP contribution in [0.1, 0.15) is 33.6 Å². The lowest BCUT2D eigenvalue weighted by atomic mass is 10.1. The van der Waals surface area contributed by atoms with Crippen molar-refractivity contribution in [3.8, 4) is 5.75 Å². The van der Waals surface area contributed by atoms with E-state index in [1.54, 1.807) is 43.5 Å². The van der Waals surface area contributed by atoms with Crippen molar-refractivity contribution in [2.75, 3.05) is 27.4 Å². The number of rotatable bonds is 6. The third-order valence-corrected chi connectivity index (χ3v) is 5.24. The molecule has 0 aliphatic carbocycles. The lowest BCUT2D eigenvalue weighted by Gasteiger charge is -2.12. The van der Waals surface area contributed by atoms with Gasteiger partial charge in [0.2, 0.25) is 5.55 Å². The van der Waals surface area contributed by atoms with Crippen molar-refractivity contribution < 1.29 is 28.2 Å². The van der Waals surface area contributed by atoms with E-state index in [4.69, 9.17) is 18.6 Å². The van der Waals surface area contributed by atoms with Crippen molar-refractivity contribution in [2.24, 2.45) is 4.99 Å². The number of hydrogen-bond acceptors (Lipinski definition) is 7. The average Bonchev–Trinajstić information content (AvgIpc) is 3.35. The maximum absolute atomic E-state index is 13.0. The molecule has 1 saturated heterocycles. The van der Waals surface area contributed by atoms with E-state index in [1.165, 1.54) is 7.11 Å². The predicted octanol–water partition coefficient (Wildman–Crippen LogP) is 3.37. The first-order valence-electron chi connectivity index (χ1n) is 10.3. The summed E-state index contributed by atoms with van der Waals surface area (Å²) in [6.07, 6.45) is 1.93. The zero-order valence-electron chi connectivity index (χ0n) is 17.9. The number of fused-ring (bicyclic) bond motifs is 1. The Morgan fingerprint density at radius 1 is 1.16 bits per heavy atom. The molecule has 32 heavy (non-hydrogen) atoms. The Morgan fingerprint density at radius 2 is 1.97 bits per heavy atom. The van der Waals surface area contributed by atoms with Crippen LogP contribution in [-0.2, 0) is 9.47 Å². The predicted molar refractivity (Wildman–Crippen MR) is 117 cm³/mol. The van der Waals surface area contributed by atoms with Crippen molar-refractivity contribution in [3.05, 3.63) is 65.2 Å². The number of carbonyl (C=O) groups is 2. The van der Waals surface area contributed by atoms with E-state index in [2.05, 4.69) is 10.3 Å². The van der Waals surface area contributed by atoms with E-state index in [9.17, 15) is 9.59 Å². The number of amides is 1. The number of nitrogens with one attached hydrogen (secondary N) is 1. The Labute approximate surface area is 184 Å². The third kappa shape index (κ3) is 4.65. The zero-order valence-corrected chi connectivity index (χ0v) is 17.9. The fourth-order valence-corrected chi connectivity index (χ4v) is 3.55. The van der Waals surface area contributed by atoms with Crippen LogP contribution < -0.4 is 15.6 Å². The van der Waals surface area contributed by atoms with Gasteiger partial charge in [0.15, 0.2) is 11.3 Å². The molecule has 1 aliphatic heterocycles.